The number of pyridine rings is 1. The summed E-state index contributed by atoms with van der Waals surface area (Å²) in [4.78, 5) is 0. The minimum atomic E-state index is -0.104. The van der Waals surface area contributed by atoms with E-state index in [-0.39, 0.29) is 11.0 Å². The molecular formula is C13H18N4. The topological polar surface area (TPSA) is 56.2 Å². The van der Waals surface area contributed by atoms with E-state index in [0.717, 1.165) is 24.3 Å². The van der Waals surface area contributed by atoms with Crippen molar-refractivity contribution in [3.05, 3.63) is 29.7 Å². The van der Waals surface area contributed by atoms with Gasteiger partial charge in [0.25, 0.3) is 0 Å². The maximum absolute atomic E-state index is 6.23. The van der Waals surface area contributed by atoms with Crippen LogP contribution in [0.25, 0.3) is 5.65 Å². The van der Waals surface area contributed by atoms with Gasteiger partial charge in [-0.1, -0.05) is 26.8 Å². The Bertz CT molecular complexity index is 573. The summed E-state index contributed by atoms with van der Waals surface area (Å²) in [7, 11) is 0. The molecule has 2 aromatic heterocycles. The molecule has 3 rings (SSSR count). The minimum Gasteiger partial charge on any atom is -0.321 e. The molecular weight excluding hydrogens is 212 g/mol. The van der Waals surface area contributed by atoms with Gasteiger partial charge in [-0.05, 0) is 24.5 Å². The summed E-state index contributed by atoms with van der Waals surface area (Å²) in [5, 5.41) is 8.48. The fraction of sp³-hybridized carbons (Fsp3) is 0.538. The lowest BCUT2D eigenvalue weighted by Crippen LogP contribution is -2.20. The molecule has 1 fully saturated rings. The van der Waals surface area contributed by atoms with Crippen LogP contribution in [-0.4, -0.2) is 14.6 Å². The smallest absolute Gasteiger partial charge is 0.160 e. The highest BCUT2D eigenvalue weighted by molar-refractivity contribution is 5.43. The molecule has 0 atom stereocenters. The zero-order valence-electron chi connectivity index (χ0n) is 10.6. The van der Waals surface area contributed by atoms with Gasteiger partial charge in [0.05, 0.1) is 0 Å². The molecule has 1 saturated carbocycles. The Hall–Kier alpha value is -1.42. The van der Waals surface area contributed by atoms with Crippen LogP contribution in [0.5, 0.6) is 0 Å². The normalized spacial score (nSPS) is 18.6. The van der Waals surface area contributed by atoms with Crippen LogP contribution in [0.3, 0.4) is 0 Å². The molecule has 1 aliphatic rings. The van der Waals surface area contributed by atoms with Gasteiger partial charge < -0.3 is 5.73 Å². The summed E-state index contributed by atoms with van der Waals surface area (Å²) in [6, 6.07) is 4.08. The van der Waals surface area contributed by atoms with Crippen LogP contribution in [0.1, 0.15) is 45.0 Å². The van der Waals surface area contributed by atoms with Gasteiger partial charge in [0.1, 0.15) is 5.82 Å². The molecule has 17 heavy (non-hydrogen) atoms. The Balaban J connectivity index is 2.20. The van der Waals surface area contributed by atoms with Gasteiger partial charge in [-0.2, -0.15) is 0 Å². The van der Waals surface area contributed by atoms with E-state index in [4.69, 9.17) is 5.73 Å². The summed E-state index contributed by atoms with van der Waals surface area (Å²) < 4.78 is 2.07. The Kier molecular flexibility index (Phi) is 1.94. The number of nitrogens with zero attached hydrogens (tertiary/aromatic N) is 3. The lowest BCUT2D eigenvalue weighted by molar-refractivity contribution is 0.537. The lowest BCUT2D eigenvalue weighted by atomic mass is 9.96. The molecule has 0 saturated heterocycles. The van der Waals surface area contributed by atoms with Gasteiger partial charge >= 0.3 is 0 Å². The van der Waals surface area contributed by atoms with Crippen molar-refractivity contribution in [1.82, 2.24) is 14.6 Å². The molecule has 90 valence electrons. The molecule has 1 aliphatic carbocycles. The van der Waals surface area contributed by atoms with Gasteiger partial charge in [0.2, 0.25) is 0 Å². The first-order valence-electron chi connectivity index (χ1n) is 6.05. The van der Waals surface area contributed by atoms with Crippen molar-refractivity contribution in [3.63, 3.8) is 0 Å². The average Bonchev–Trinajstić information content (AvgIpc) is 2.85. The maximum atomic E-state index is 6.23. The molecule has 4 heteroatoms. The van der Waals surface area contributed by atoms with E-state index < -0.39 is 0 Å². The van der Waals surface area contributed by atoms with Crippen LogP contribution in [0.15, 0.2) is 18.3 Å². The third-order valence-corrected chi connectivity index (χ3v) is 3.44. The number of hydrogen-bond donors (Lipinski definition) is 1. The molecule has 0 aromatic carbocycles. The van der Waals surface area contributed by atoms with Gasteiger partial charge in [-0.15, -0.1) is 10.2 Å². The summed E-state index contributed by atoms with van der Waals surface area (Å²) in [5.74, 6) is 0.985. The first-order valence-corrected chi connectivity index (χ1v) is 6.05. The van der Waals surface area contributed by atoms with Gasteiger partial charge in [0.15, 0.2) is 5.65 Å². The third kappa shape index (κ3) is 1.63. The van der Waals surface area contributed by atoms with Crippen LogP contribution < -0.4 is 5.73 Å². The largest absolute Gasteiger partial charge is 0.321 e. The predicted octanol–water partition coefficient (Wildman–Crippen LogP) is 1.97. The number of rotatable bonds is 1. The summed E-state index contributed by atoms with van der Waals surface area (Å²) in [6.45, 7) is 6.43. The predicted molar refractivity (Wildman–Crippen MR) is 66.8 cm³/mol. The minimum absolute atomic E-state index is 0.0106. The Morgan fingerprint density at radius 1 is 1.24 bits per heavy atom. The second-order valence-electron chi connectivity index (χ2n) is 6.08. The number of nitrogens with two attached hydrogens (primary N) is 1. The molecule has 2 aromatic rings. The van der Waals surface area contributed by atoms with Crippen molar-refractivity contribution < 1.29 is 0 Å². The molecule has 0 bridgehead atoms. The van der Waals surface area contributed by atoms with Crippen LogP contribution in [-0.2, 0) is 11.0 Å². The van der Waals surface area contributed by atoms with E-state index in [1.54, 1.807) is 0 Å². The molecule has 2 N–H and O–H groups in total. The van der Waals surface area contributed by atoms with Gasteiger partial charge in [-0.3, -0.25) is 4.40 Å². The first kappa shape index (κ1) is 10.7. The Morgan fingerprint density at radius 2 is 1.94 bits per heavy atom. The van der Waals surface area contributed by atoms with Crippen LogP contribution in [0.4, 0.5) is 0 Å². The molecule has 4 nitrogen and oxygen atoms in total. The van der Waals surface area contributed by atoms with E-state index in [1.807, 2.05) is 6.07 Å². The van der Waals surface area contributed by atoms with Crippen molar-refractivity contribution in [2.45, 2.75) is 44.6 Å². The van der Waals surface area contributed by atoms with Crippen LogP contribution in [0, 0.1) is 0 Å². The van der Waals surface area contributed by atoms with Crippen molar-refractivity contribution in [1.29, 1.82) is 0 Å². The Labute approximate surface area is 101 Å². The average molecular weight is 230 g/mol. The van der Waals surface area contributed by atoms with Gasteiger partial charge in [0, 0.05) is 17.2 Å². The second-order valence-corrected chi connectivity index (χ2v) is 6.08. The van der Waals surface area contributed by atoms with E-state index >= 15 is 0 Å². The van der Waals surface area contributed by atoms with Crippen molar-refractivity contribution >= 4 is 5.65 Å². The third-order valence-electron chi connectivity index (χ3n) is 3.44. The number of fused-ring (bicyclic) bond motifs is 1. The van der Waals surface area contributed by atoms with E-state index in [0.29, 0.717) is 0 Å². The maximum Gasteiger partial charge on any atom is 0.160 e. The Morgan fingerprint density at radius 3 is 2.53 bits per heavy atom. The van der Waals surface area contributed by atoms with E-state index in [1.165, 1.54) is 5.56 Å². The van der Waals surface area contributed by atoms with E-state index in [2.05, 4.69) is 47.6 Å². The molecule has 0 unspecified atom stereocenters. The highest BCUT2D eigenvalue weighted by Gasteiger charge is 2.40. The molecule has 0 aliphatic heterocycles. The lowest BCUT2D eigenvalue weighted by Gasteiger charge is -2.17. The molecule has 2 heterocycles. The fourth-order valence-corrected chi connectivity index (χ4v) is 2.12. The van der Waals surface area contributed by atoms with Gasteiger partial charge in [-0.25, -0.2) is 0 Å². The number of hydrogen-bond acceptors (Lipinski definition) is 3. The molecule has 0 amide bonds. The monoisotopic (exact) mass is 230 g/mol. The first-order chi connectivity index (χ1) is 7.90. The summed E-state index contributed by atoms with van der Waals surface area (Å²) >= 11 is 0. The summed E-state index contributed by atoms with van der Waals surface area (Å²) in [5.41, 5.74) is 8.20. The molecule has 0 radical (unpaired) electrons. The highest BCUT2D eigenvalue weighted by Crippen LogP contribution is 2.42. The van der Waals surface area contributed by atoms with E-state index in [9.17, 15) is 0 Å². The zero-order chi connectivity index (χ0) is 12.3. The van der Waals surface area contributed by atoms with Crippen LogP contribution >= 0.6 is 0 Å². The summed E-state index contributed by atoms with van der Waals surface area (Å²) in [6.07, 6.45) is 4.25. The standard InChI is InChI=1S/C13H18N4/c1-12(2,3)11-16-15-10-5-4-9(8-17(10)11)13(14)6-7-13/h4-5,8H,6-7,14H2,1-3H3. The quantitative estimate of drug-likeness (QED) is 0.815. The molecule has 0 spiro atoms. The van der Waals surface area contributed by atoms with Crippen molar-refractivity contribution in [2.75, 3.05) is 0 Å². The van der Waals surface area contributed by atoms with Crippen LogP contribution in [0.2, 0.25) is 0 Å². The van der Waals surface area contributed by atoms with Crippen molar-refractivity contribution in [3.8, 4) is 0 Å². The SMILES string of the molecule is CC(C)(C)c1nnc2ccc(C3(N)CC3)cn12. The fourth-order valence-electron chi connectivity index (χ4n) is 2.12. The number of aromatic nitrogens is 3. The second kappa shape index (κ2) is 3.07. The zero-order valence-corrected chi connectivity index (χ0v) is 10.6. The van der Waals surface area contributed by atoms with Crippen molar-refractivity contribution in [2.24, 2.45) is 5.73 Å². The highest BCUT2D eigenvalue weighted by atomic mass is 15.3.